The Balaban J connectivity index is 2.39. The van der Waals surface area contributed by atoms with Crippen molar-refractivity contribution in [1.29, 1.82) is 0 Å². The van der Waals surface area contributed by atoms with Crippen LogP contribution >= 0.6 is 0 Å². The first-order valence-corrected chi connectivity index (χ1v) is 6.05. The van der Waals surface area contributed by atoms with Crippen LogP contribution in [0.5, 0.6) is 0 Å². The summed E-state index contributed by atoms with van der Waals surface area (Å²) in [5.41, 5.74) is 1.62. The smallest absolute Gasteiger partial charge is 0.00385 e. The lowest BCUT2D eigenvalue weighted by Crippen LogP contribution is -2.38. The number of hydrogen-bond donors (Lipinski definition) is 0. The lowest BCUT2D eigenvalue weighted by Gasteiger charge is -2.35. The summed E-state index contributed by atoms with van der Waals surface area (Å²) in [6, 6.07) is 0.728. The quantitative estimate of drug-likeness (QED) is 0.623. The molecule has 1 rings (SSSR count). The van der Waals surface area contributed by atoms with Gasteiger partial charge in [-0.25, -0.2) is 0 Å². The Morgan fingerprint density at radius 2 is 1.93 bits per heavy atom. The molecular formula is C13H25N. The van der Waals surface area contributed by atoms with Crippen LogP contribution in [0.1, 0.15) is 47.0 Å². The molecule has 0 N–H and O–H groups in total. The van der Waals surface area contributed by atoms with E-state index in [9.17, 15) is 0 Å². The molecule has 0 aliphatic carbocycles. The summed E-state index contributed by atoms with van der Waals surface area (Å²) in [6.45, 7) is 11.7. The van der Waals surface area contributed by atoms with Crippen molar-refractivity contribution < 1.29 is 0 Å². The van der Waals surface area contributed by atoms with Gasteiger partial charge in [-0.05, 0) is 59.0 Å². The fourth-order valence-corrected chi connectivity index (χ4v) is 2.36. The van der Waals surface area contributed by atoms with E-state index in [-0.39, 0.29) is 0 Å². The fraction of sp³-hybridized carbons (Fsp3) is 0.846. The summed E-state index contributed by atoms with van der Waals surface area (Å²) in [6.07, 6.45) is 6.31. The van der Waals surface area contributed by atoms with E-state index in [2.05, 4.69) is 38.7 Å². The van der Waals surface area contributed by atoms with Crippen LogP contribution in [0.15, 0.2) is 11.6 Å². The van der Waals surface area contributed by atoms with E-state index in [0.29, 0.717) is 0 Å². The predicted octanol–water partition coefficient (Wildman–Crippen LogP) is 3.46. The minimum Gasteiger partial charge on any atom is -0.301 e. The number of rotatable bonds is 3. The first kappa shape index (κ1) is 11.8. The standard InChI is InChI=1S/C13H25N/c1-5-6-12(4)13-7-9-14(10-8-13)11(2)3/h6,11,13H,5,7-10H2,1-4H3/b12-6+. The molecule has 0 aromatic carbocycles. The Hall–Kier alpha value is -0.300. The highest BCUT2D eigenvalue weighted by atomic mass is 15.1. The summed E-state index contributed by atoms with van der Waals surface area (Å²) < 4.78 is 0. The van der Waals surface area contributed by atoms with Crippen LogP contribution in [0.3, 0.4) is 0 Å². The third-order valence-corrected chi connectivity index (χ3v) is 3.43. The fourth-order valence-electron chi connectivity index (χ4n) is 2.36. The lowest BCUT2D eigenvalue weighted by atomic mass is 9.89. The van der Waals surface area contributed by atoms with Gasteiger partial charge in [-0.15, -0.1) is 0 Å². The van der Waals surface area contributed by atoms with Gasteiger partial charge in [0.15, 0.2) is 0 Å². The zero-order valence-corrected chi connectivity index (χ0v) is 10.2. The average molecular weight is 195 g/mol. The molecule has 14 heavy (non-hydrogen) atoms. The molecule has 1 saturated heterocycles. The normalized spacial score (nSPS) is 21.9. The monoisotopic (exact) mass is 195 g/mol. The molecule has 1 heteroatoms. The SMILES string of the molecule is CC/C=C(\C)C1CCN(C(C)C)CC1. The summed E-state index contributed by atoms with van der Waals surface area (Å²) in [7, 11) is 0. The van der Waals surface area contributed by atoms with Gasteiger partial charge >= 0.3 is 0 Å². The Morgan fingerprint density at radius 3 is 2.36 bits per heavy atom. The molecule has 0 bridgehead atoms. The van der Waals surface area contributed by atoms with Crippen molar-refractivity contribution >= 4 is 0 Å². The van der Waals surface area contributed by atoms with Gasteiger partial charge in [0.25, 0.3) is 0 Å². The zero-order valence-electron chi connectivity index (χ0n) is 10.2. The van der Waals surface area contributed by atoms with E-state index in [0.717, 1.165) is 12.0 Å². The van der Waals surface area contributed by atoms with E-state index < -0.39 is 0 Å². The van der Waals surface area contributed by atoms with Crippen LogP contribution in [-0.4, -0.2) is 24.0 Å². The number of allylic oxidation sites excluding steroid dienone is 2. The van der Waals surface area contributed by atoms with E-state index in [1.54, 1.807) is 5.57 Å². The van der Waals surface area contributed by atoms with Gasteiger partial charge in [-0.2, -0.15) is 0 Å². The van der Waals surface area contributed by atoms with E-state index in [1.165, 1.54) is 32.4 Å². The first-order valence-electron chi connectivity index (χ1n) is 6.05. The van der Waals surface area contributed by atoms with Gasteiger partial charge in [-0.3, -0.25) is 0 Å². The van der Waals surface area contributed by atoms with Crippen LogP contribution < -0.4 is 0 Å². The van der Waals surface area contributed by atoms with Crippen molar-refractivity contribution in [2.45, 2.75) is 53.0 Å². The van der Waals surface area contributed by atoms with E-state index >= 15 is 0 Å². The van der Waals surface area contributed by atoms with E-state index in [1.807, 2.05) is 0 Å². The molecule has 1 nitrogen and oxygen atoms in total. The molecule has 1 heterocycles. The van der Waals surface area contributed by atoms with Gasteiger partial charge in [0.1, 0.15) is 0 Å². The van der Waals surface area contributed by atoms with Crippen LogP contribution in [0.2, 0.25) is 0 Å². The number of piperidine rings is 1. The van der Waals surface area contributed by atoms with Crippen LogP contribution in [0.25, 0.3) is 0 Å². The molecule has 1 fully saturated rings. The summed E-state index contributed by atoms with van der Waals surface area (Å²) >= 11 is 0. The maximum absolute atomic E-state index is 2.59. The Morgan fingerprint density at radius 1 is 1.36 bits per heavy atom. The molecule has 0 aromatic rings. The van der Waals surface area contributed by atoms with Gasteiger partial charge in [0, 0.05) is 6.04 Å². The molecule has 0 saturated carbocycles. The van der Waals surface area contributed by atoms with Gasteiger partial charge < -0.3 is 4.90 Å². The molecule has 1 aliphatic rings. The molecule has 82 valence electrons. The third kappa shape index (κ3) is 3.13. The van der Waals surface area contributed by atoms with Crippen molar-refractivity contribution in [3.8, 4) is 0 Å². The highest BCUT2D eigenvalue weighted by Gasteiger charge is 2.21. The second-order valence-electron chi connectivity index (χ2n) is 4.76. The third-order valence-electron chi connectivity index (χ3n) is 3.43. The summed E-state index contributed by atoms with van der Waals surface area (Å²) in [5.74, 6) is 0.866. The molecule has 0 spiro atoms. The second-order valence-corrected chi connectivity index (χ2v) is 4.76. The molecule has 0 aromatic heterocycles. The minimum absolute atomic E-state index is 0.728. The molecule has 0 unspecified atom stereocenters. The van der Waals surface area contributed by atoms with Crippen LogP contribution in [0.4, 0.5) is 0 Å². The van der Waals surface area contributed by atoms with Crippen molar-refractivity contribution in [2.24, 2.45) is 5.92 Å². The van der Waals surface area contributed by atoms with E-state index in [4.69, 9.17) is 0 Å². The number of nitrogens with zero attached hydrogens (tertiary/aromatic N) is 1. The maximum atomic E-state index is 2.59. The molecule has 0 atom stereocenters. The van der Waals surface area contributed by atoms with Crippen LogP contribution in [0, 0.1) is 5.92 Å². The molecule has 1 aliphatic heterocycles. The van der Waals surface area contributed by atoms with Crippen molar-refractivity contribution in [1.82, 2.24) is 4.90 Å². The molecule has 0 radical (unpaired) electrons. The Kier molecular flexibility index (Phi) is 4.67. The zero-order chi connectivity index (χ0) is 10.6. The highest BCUT2D eigenvalue weighted by Crippen LogP contribution is 2.25. The number of hydrogen-bond acceptors (Lipinski definition) is 1. The molecule has 0 amide bonds. The van der Waals surface area contributed by atoms with Gasteiger partial charge in [0.05, 0.1) is 0 Å². The van der Waals surface area contributed by atoms with Crippen molar-refractivity contribution in [3.63, 3.8) is 0 Å². The maximum Gasteiger partial charge on any atom is 0.00385 e. The topological polar surface area (TPSA) is 3.24 Å². The summed E-state index contributed by atoms with van der Waals surface area (Å²) in [5, 5.41) is 0. The largest absolute Gasteiger partial charge is 0.301 e. The lowest BCUT2D eigenvalue weighted by molar-refractivity contribution is 0.161. The first-order chi connectivity index (χ1) is 6.65. The van der Waals surface area contributed by atoms with Crippen LogP contribution in [-0.2, 0) is 0 Å². The average Bonchev–Trinajstić information content (AvgIpc) is 2.18. The Bertz CT molecular complexity index is 185. The van der Waals surface area contributed by atoms with Crippen molar-refractivity contribution in [2.75, 3.05) is 13.1 Å². The second kappa shape index (κ2) is 5.55. The van der Waals surface area contributed by atoms with Gasteiger partial charge in [-0.1, -0.05) is 18.6 Å². The Labute approximate surface area is 89.2 Å². The minimum atomic E-state index is 0.728. The molecular weight excluding hydrogens is 170 g/mol. The van der Waals surface area contributed by atoms with Crippen molar-refractivity contribution in [3.05, 3.63) is 11.6 Å². The summed E-state index contributed by atoms with van der Waals surface area (Å²) in [4.78, 5) is 2.59. The number of likely N-dealkylation sites (tertiary alicyclic amines) is 1. The van der Waals surface area contributed by atoms with Gasteiger partial charge in [0.2, 0.25) is 0 Å². The highest BCUT2D eigenvalue weighted by molar-refractivity contribution is 5.04. The predicted molar refractivity (Wildman–Crippen MR) is 63.5 cm³/mol.